The largest absolute Gasteiger partial charge is 0.368 e. The maximum atomic E-state index is 10.9. The molecule has 1 aromatic rings. The number of primary amides is 1. The molecule has 3 nitrogen and oxygen atoms in total. The third-order valence-electron chi connectivity index (χ3n) is 2.15. The fourth-order valence-corrected chi connectivity index (χ4v) is 1.28. The number of carbonyl (C=O) groups excluding carboxylic acids is 1. The number of amides is 1. The quantitative estimate of drug-likeness (QED) is 0.732. The van der Waals surface area contributed by atoms with Gasteiger partial charge in [0.2, 0.25) is 5.91 Å². The fraction of sp³-hybridized carbons (Fsp3) is 0.364. The molecule has 0 fully saturated rings. The maximum absolute atomic E-state index is 10.9. The first-order valence-electron chi connectivity index (χ1n) is 4.80. The molecule has 0 radical (unpaired) electrons. The predicted octanol–water partition coefficient (Wildman–Crippen LogP) is 1.04. The van der Waals surface area contributed by atoms with Gasteiger partial charge in [-0.1, -0.05) is 37.3 Å². The molecule has 1 rings (SSSR count). The highest BCUT2D eigenvalue weighted by Crippen LogP contribution is 1.99. The van der Waals surface area contributed by atoms with Crippen LogP contribution in [0, 0.1) is 0 Å². The van der Waals surface area contributed by atoms with Crippen LogP contribution in [-0.2, 0) is 11.3 Å². The Morgan fingerprint density at radius 3 is 2.57 bits per heavy atom. The van der Waals surface area contributed by atoms with Crippen molar-refractivity contribution < 1.29 is 4.79 Å². The second-order valence-corrected chi connectivity index (χ2v) is 3.23. The molecule has 1 atom stereocenters. The Hall–Kier alpha value is -1.35. The van der Waals surface area contributed by atoms with Crippen molar-refractivity contribution in [3.63, 3.8) is 0 Å². The number of benzene rings is 1. The van der Waals surface area contributed by atoms with Crippen molar-refractivity contribution in [2.45, 2.75) is 25.9 Å². The summed E-state index contributed by atoms with van der Waals surface area (Å²) in [6.07, 6.45) is 0.724. The lowest BCUT2D eigenvalue weighted by Gasteiger charge is -2.12. The molecule has 0 saturated carbocycles. The molecular weight excluding hydrogens is 176 g/mol. The van der Waals surface area contributed by atoms with E-state index < -0.39 is 0 Å². The van der Waals surface area contributed by atoms with Crippen LogP contribution in [0.1, 0.15) is 18.9 Å². The summed E-state index contributed by atoms with van der Waals surface area (Å²) in [4.78, 5) is 10.9. The molecule has 3 heteroatoms. The molecule has 14 heavy (non-hydrogen) atoms. The first-order chi connectivity index (χ1) is 6.74. The minimum Gasteiger partial charge on any atom is -0.368 e. The molecule has 1 aromatic carbocycles. The van der Waals surface area contributed by atoms with Crippen molar-refractivity contribution in [2.24, 2.45) is 5.73 Å². The summed E-state index contributed by atoms with van der Waals surface area (Å²) >= 11 is 0. The van der Waals surface area contributed by atoms with Gasteiger partial charge in [0, 0.05) is 6.54 Å². The van der Waals surface area contributed by atoms with Crippen molar-refractivity contribution >= 4 is 5.91 Å². The molecule has 0 unspecified atom stereocenters. The molecule has 0 aliphatic carbocycles. The Morgan fingerprint density at radius 1 is 1.43 bits per heavy atom. The fourth-order valence-electron chi connectivity index (χ4n) is 1.28. The van der Waals surface area contributed by atoms with Crippen LogP contribution in [0.2, 0.25) is 0 Å². The van der Waals surface area contributed by atoms with Gasteiger partial charge in [0.05, 0.1) is 6.04 Å². The predicted molar refractivity (Wildman–Crippen MR) is 56.6 cm³/mol. The minimum atomic E-state index is -0.288. The first-order valence-corrected chi connectivity index (χ1v) is 4.80. The molecule has 0 aliphatic rings. The molecule has 0 aromatic heterocycles. The van der Waals surface area contributed by atoms with Crippen molar-refractivity contribution in [3.8, 4) is 0 Å². The third kappa shape index (κ3) is 3.18. The molecule has 3 N–H and O–H groups in total. The highest BCUT2D eigenvalue weighted by Gasteiger charge is 2.10. The second kappa shape index (κ2) is 5.40. The van der Waals surface area contributed by atoms with Gasteiger partial charge in [-0.05, 0) is 12.0 Å². The summed E-state index contributed by atoms with van der Waals surface area (Å²) in [5.41, 5.74) is 6.37. The first kappa shape index (κ1) is 10.7. The highest BCUT2D eigenvalue weighted by atomic mass is 16.1. The number of hydrogen-bond donors (Lipinski definition) is 2. The van der Waals surface area contributed by atoms with Gasteiger partial charge in [0.1, 0.15) is 0 Å². The maximum Gasteiger partial charge on any atom is 0.234 e. The third-order valence-corrected chi connectivity index (χ3v) is 2.15. The Morgan fingerprint density at radius 2 is 2.07 bits per heavy atom. The molecule has 0 spiro atoms. The van der Waals surface area contributed by atoms with E-state index in [0.717, 1.165) is 12.0 Å². The van der Waals surface area contributed by atoms with E-state index in [9.17, 15) is 4.79 Å². The van der Waals surface area contributed by atoms with Gasteiger partial charge in [-0.2, -0.15) is 0 Å². The van der Waals surface area contributed by atoms with Crippen LogP contribution in [0.15, 0.2) is 30.3 Å². The zero-order chi connectivity index (χ0) is 10.4. The van der Waals surface area contributed by atoms with Crippen molar-refractivity contribution in [2.75, 3.05) is 0 Å². The lowest BCUT2D eigenvalue weighted by atomic mass is 10.2. The van der Waals surface area contributed by atoms with E-state index >= 15 is 0 Å². The monoisotopic (exact) mass is 192 g/mol. The summed E-state index contributed by atoms with van der Waals surface area (Å²) in [6, 6.07) is 9.72. The van der Waals surface area contributed by atoms with Gasteiger partial charge in [-0.15, -0.1) is 0 Å². The van der Waals surface area contributed by atoms with E-state index in [4.69, 9.17) is 5.73 Å². The standard InChI is InChI=1S/C11H16N2O/c1-2-10(11(12)14)13-8-9-6-4-3-5-7-9/h3-7,10,13H,2,8H2,1H3,(H2,12,14)/t10-/m0/s1. The number of carbonyl (C=O) groups is 1. The van der Waals surface area contributed by atoms with E-state index in [1.54, 1.807) is 0 Å². The number of nitrogens with two attached hydrogens (primary N) is 1. The van der Waals surface area contributed by atoms with Crippen LogP contribution in [-0.4, -0.2) is 11.9 Å². The van der Waals surface area contributed by atoms with Crippen LogP contribution in [0.3, 0.4) is 0 Å². The molecule has 0 saturated heterocycles. The Kier molecular flexibility index (Phi) is 4.13. The van der Waals surface area contributed by atoms with Gasteiger partial charge in [0.25, 0.3) is 0 Å². The topological polar surface area (TPSA) is 55.1 Å². The van der Waals surface area contributed by atoms with Gasteiger partial charge < -0.3 is 11.1 Å². The molecule has 0 heterocycles. The van der Waals surface area contributed by atoms with Crippen LogP contribution >= 0.6 is 0 Å². The molecule has 0 bridgehead atoms. The summed E-state index contributed by atoms with van der Waals surface area (Å²) in [5, 5.41) is 3.11. The Balaban J connectivity index is 2.44. The number of hydrogen-bond acceptors (Lipinski definition) is 2. The van der Waals surface area contributed by atoms with E-state index in [2.05, 4.69) is 5.32 Å². The van der Waals surface area contributed by atoms with Crippen LogP contribution in [0.25, 0.3) is 0 Å². The minimum absolute atomic E-state index is 0.227. The molecule has 1 amide bonds. The highest BCUT2D eigenvalue weighted by molar-refractivity contribution is 5.79. The van der Waals surface area contributed by atoms with Crippen molar-refractivity contribution in [1.29, 1.82) is 0 Å². The number of nitrogens with one attached hydrogen (secondary N) is 1. The van der Waals surface area contributed by atoms with Crippen molar-refractivity contribution in [3.05, 3.63) is 35.9 Å². The van der Waals surface area contributed by atoms with Crippen LogP contribution < -0.4 is 11.1 Å². The van der Waals surface area contributed by atoms with E-state index in [1.165, 1.54) is 0 Å². The second-order valence-electron chi connectivity index (χ2n) is 3.23. The van der Waals surface area contributed by atoms with E-state index in [-0.39, 0.29) is 11.9 Å². The average molecular weight is 192 g/mol. The lowest BCUT2D eigenvalue weighted by Crippen LogP contribution is -2.40. The van der Waals surface area contributed by atoms with Crippen LogP contribution in [0.5, 0.6) is 0 Å². The smallest absolute Gasteiger partial charge is 0.234 e. The normalized spacial score (nSPS) is 12.4. The zero-order valence-electron chi connectivity index (χ0n) is 8.36. The van der Waals surface area contributed by atoms with Gasteiger partial charge >= 0.3 is 0 Å². The Labute approximate surface area is 84.3 Å². The molecular formula is C11H16N2O. The van der Waals surface area contributed by atoms with Gasteiger partial charge in [-0.3, -0.25) is 4.79 Å². The SMILES string of the molecule is CC[C@H](NCc1ccccc1)C(N)=O. The summed E-state index contributed by atoms with van der Waals surface area (Å²) in [7, 11) is 0. The van der Waals surface area contributed by atoms with E-state index in [0.29, 0.717) is 6.54 Å². The lowest BCUT2D eigenvalue weighted by molar-refractivity contribution is -0.120. The summed E-state index contributed by atoms with van der Waals surface area (Å²) < 4.78 is 0. The van der Waals surface area contributed by atoms with Gasteiger partial charge in [0.15, 0.2) is 0 Å². The molecule has 0 aliphatic heterocycles. The van der Waals surface area contributed by atoms with Gasteiger partial charge in [-0.25, -0.2) is 0 Å². The summed E-state index contributed by atoms with van der Waals surface area (Å²) in [6.45, 7) is 2.62. The number of rotatable bonds is 5. The van der Waals surface area contributed by atoms with Crippen LogP contribution in [0.4, 0.5) is 0 Å². The summed E-state index contributed by atoms with van der Waals surface area (Å²) in [5.74, 6) is -0.288. The zero-order valence-corrected chi connectivity index (χ0v) is 8.36. The average Bonchev–Trinajstić information content (AvgIpc) is 2.20. The molecule has 76 valence electrons. The van der Waals surface area contributed by atoms with E-state index in [1.807, 2.05) is 37.3 Å². The Bertz CT molecular complexity index is 285. The van der Waals surface area contributed by atoms with Crippen molar-refractivity contribution in [1.82, 2.24) is 5.32 Å².